The van der Waals surface area contributed by atoms with Crippen molar-refractivity contribution < 1.29 is 9.18 Å². The topological polar surface area (TPSA) is 68.9 Å². The lowest BCUT2D eigenvalue weighted by Gasteiger charge is -2.07. The van der Waals surface area contributed by atoms with Gasteiger partial charge in [-0.1, -0.05) is 18.2 Å². The number of carbonyl (C=O) groups excluding carboxylic acids is 1. The van der Waals surface area contributed by atoms with Crippen molar-refractivity contribution in [2.45, 2.75) is 13.8 Å². The number of anilines is 1. The summed E-state index contributed by atoms with van der Waals surface area (Å²) in [4.78, 5) is 30.8. The summed E-state index contributed by atoms with van der Waals surface area (Å²) in [5.74, 6) is -0.733. The second kappa shape index (κ2) is 7.72. The summed E-state index contributed by atoms with van der Waals surface area (Å²) in [6.45, 7) is 3.51. The van der Waals surface area contributed by atoms with Crippen molar-refractivity contribution in [2.75, 3.05) is 5.32 Å². The number of halogens is 1. The van der Waals surface area contributed by atoms with E-state index in [0.717, 1.165) is 5.56 Å². The van der Waals surface area contributed by atoms with Crippen LogP contribution in [-0.4, -0.2) is 20.3 Å². The fraction of sp³-hybridized carbons (Fsp3) is 0.136. The minimum Gasteiger partial charge on any atom is -0.315 e. The quantitative estimate of drug-likeness (QED) is 0.533. The fourth-order valence-electron chi connectivity index (χ4n) is 3.21. The van der Waals surface area contributed by atoms with Crippen LogP contribution >= 0.6 is 11.3 Å². The van der Waals surface area contributed by atoms with E-state index >= 15 is 0 Å². The second-order valence-corrected chi connectivity index (χ2v) is 7.83. The first kappa shape index (κ1) is 19.8. The molecule has 2 aromatic heterocycles. The van der Waals surface area contributed by atoms with Crippen LogP contribution in [0.4, 0.5) is 10.1 Å². The SMILES string of the molecule is Cc1nc(-c2ccc(F)cc2)sc1C(=O)Nc1c(C)n(C)n(-c2ccccc2)c1=O. The molecule has 2 heterocycles. The highest BCUT2D eigenvalue weighted by Gasteiger charge is 2.22. The van der Waals surface area contributed by atoms with Gasteiger partial charge in [-0.25, -0.2) is 14.1 Å². The lowest BCUT2D eigenvalue weighted by Crippen LogP contribution is -2.22. The Labute approximate surface area is 176 Å². The van der Waals surface area contributed by atoms with Crippen LogP contribution in [0.5, 0.6) is 0 Å². The lowest BCUT2D eigenvalue weighted by atomic mass is 10.2. The van der Waals surface area contributed by atoms with Crippen LogP contribution in [-0.2, 0) is 7.05 Å². The van der Waals surface area contributed by atoms with E-state index in [4.69, 9.17) is 0 Å². The first-order valence-corrected chi connectivity index (χ1v) is 10.1. The van der Waals surface area contributed by atoms with Crippen LogP contribution in [0.15, 0.2) is 59.4 Å². The molecule has 0 radical (unpaired) electrons. The molecule has 1 amide bonds. The first-order chi connectivity index (χ1) is 14.4. The zero-order valence-corrected chi connectivity index (χ0v) is 17.5. The standard InChI is InChI=1S/C22H19FN4O2S/c1-13-19(30-21(24-13)15-9-11-16(23)12-10-15)20(28)25-18-14(2)26(3)27(22(18)29)17-7-5-4-6-8-17/h4-12H,1-3H3,(H,25,28). The van der Waals surface area contributed by atoms with Gasteiger partial charge in [0, 0.05) is 12.6 Å². The molecule has 6 nitrogen and oxygen atoms in total. The number of carbonyl (C=O) groups is 1. The Balaban J connectivity index is 1.67. The number of aromatic nitrogens is 3. The van der Waals surface area contributed by atoms with Gasteiger partial charge in [0.15, 0.2) is 0 Å². The van der Waals surface area contributed by atoms with Gasteiger partial charge < -0.3 is 5.32 Å². The Bertz CT molecular complexity index is 1290. The summed E-state index contributed by atoms with van der Waals surface area (Å²) in [5.41, 5.74) is 2.54. The van der Waals surface area contributed by atoms with E-state index in [2.05, 4.69) is 10.3 Å². The number of thiazole rings is 1. The van der Waals surface area contributed by atoms with Crippen LogP contribution in [0.1, 0.15) is 21.1 Å². The van der Waals surface area contributed by atoms with E-state index < -0.39 is 5.91 Å². The largest absolute Gasteiger partial charge is 0.315 e. The third kappa shape index (κ3) is 3.46. The summed E-state index contributed by atoms with van der Waals surface area (Å²) in [7, 11) is 1.77. The number of hydrogen-bond donors (Lipinski definition) is 1. The summed E-state index contributed by atoms with van der Waals surface area (Å²) < 4.78 is 16.4. The van der Waals surface area contributed by atoms with Gasteiger partial charge in [-0.2, -0.15) is 0 Å². The van der Waals surface area contributed by atoms with Crippen LogP contribution in [0.2, 0.25) is 0 Å². The number of para-hydroxylation sites is 1. The van der Waals surface area contributed by atoms with E-state index in [9.17, 15) is 14.0 Å². The van der Waals surface area contributed by atoms with E-state index in [-0.39, 0.29) is 17.1 Å². The lowest BCUT2D eigenvalue weighted by molar-refractivity contribution is 0.102. The highest BCUT2D eigenvalue weighted by molar-refractivity contribution is 7.17. The number of nitrogens with one attached hydrogen (secondary N) is 1. The number of hydrogen-bond acceptors (Lipinski definition) is 4. The number of nitrogens with zero attached hydrogens (tertiary/aromatic N) is 3. The average Bonchev–Trinajstić information content (AvgIpc) is 3.22. The van der Waals surface area contributed by atoms with Crippen molar-refractivity contribution in [3.8, 4) is 16.3 Å². The van der Waals surface area contributed by atoms with Crippen LogP contribution in [0.3, 0.4) is 0 Å². The van der Waals surface area contributed by atoms with Gasteiger partial charge in [0.05, 0.1) is 17.1 Å². The molecule has 4 rings (SSSR count). The van der Waals surface area contributed by atoms with Crippen molar-refractivity contribution in [3.63, 3.8) is 0 Å². The van der Waals surface area contributed by atoms with Gasteiger partial charge in [-0.15, -0.1) is 11.3 Å². The molecule has 0 saturated carbocycles. The summed E-state index contributed by atoms with van der Waals surface area (Å²) in [5, 5.41) is 3.37. The van der Waals surface area contributed by atoms with E-state index in [0.29, 0.717) is 27.0 Å². The fourth-order valence-corrected chi connectivity index (χ4v) is 4.17. The molecule has 8 heteroatoms. The minimum absolute atomic E-state index is 0.225. The number of amides is 1. The second-order valence-electron chi connectivity index (χ2n) is 6.83. The Hall–Kier alpha value is -3.52. The van der Waals surface area contributed by atoms with Crippen molar-refractivity contribution in [1.29, 1.82) is 0 Å². The zero-order valence-electron chi connectivity index (χ0n) is 16.6. The van der Waals surface area contributed by atoms with Crippen molar-refractivity contribution >= 4 is 22.9 Å². The van der Waals surface area contributed by atoms with Crippen LogP contribution in [0.25, 0.3) is 16.3 Å². The molecule has 2 aromatic carbocycles. The molecule has 0 fully saturated rings. The van der Waals surface area contributed by atoms with Gasteiger partial charge >= 0.3 is 0 Å². The Morgan fingerprint density at radius 1 is 1.07 bits per heavy atom. The average molecular weight is 422 g/mol. The number of rotatable bonds is 4. The molecule has 0 aliphatic carbocycles. The van der Waals surface area contributed by atoms with E-state index in [1.807, 2.05) is 30.3 Å². The molecule has 1 N–H and O–H groups in total. The molecule has 0 saturated heterocycles. The van der Waals surface area contributed by atoms with Crippen molar-refractivity contribution in [1.82, 2.24) is 14.3 Å². The molecular weight excluding hydrogens is 403 g/mol. The highest BCUT2D eigenvalue weighted by atomic mass is 32.1. The molecule has 0 aliphatic heterocycles. The Morgan fingerprint density at radius 2 is 1.73 bits per heavy atom. The van der Waals surface area contributed by atoms with Crippen molar-refractivity contribution in [2.24, 2.45) is 7.05 Å². The van der Waals surface area contributed by atoms with Gasteiger partial charge in [-0.3, -0.25) is 14.3 Å². The number of benzene rings is 2. The third-order valence-corrected chi connectivity index (χ3v) is 6.09. The van der Waals surface area contributed by atoms with Gasteiger partial charge in [-0.05, 0) is 50.2 Å². The molecule has 0 atom stereocenters. The summed E-state index contributed by atoms with van der Waals surface area (Å²) in [6, 6.07) is 15.2. The summed E-state index contributed by atoms with van der Waals surface area (Å²) in [6.07, 6.45) is 0. The predicted molar refractivity (Wildman–Crippen MR) is 116 cm³/mol. The maximum Gasteiger partial charge on any atom is 0.295 e. The smallest absolute Gasteiger partial charge is 0.295 e. The number of aryl methyl sites for hydroxylation is 1. The maximum absolute atomic E-state index is 13.2. The first-order valence-electron chi connectivity index (χ1n) is 9.25. The molecular formula is C22H19FN4O2S. The summed E-state index contributed by atoms with van der Waals surface area (Å²) >= 11 is 1.20. The normalized spacial score (nSPS) is 10.9. The van der Waals surface area contributed by atoms with Crippen LogP contribution < -0.4 is 10.9 Å². The third-order valence-electron chi connectivity index (χ3n) is 4.89. The molecule has 0 spiro atoms. The molecule has 4 aromatic rings. The zero-order chi connectivity index (χ0) is 21.4. The van der Waals surface area contributed by atoms with E-state index in [1.54, 1.807) is 37.7 Å². The molecule has 0 bridgehead atoms. The van der Waals surface area contributed by atoms with E-state index in [1.165, 1.54) is 28.2 Å². The molecule has 152 valence electrons. The Morgan fingerprint density at radius 3 is 2.40 bits per heavy atom. The monoisotopic (exact) mass is 422 g/mol. The molecule has 30 heavy (non-hydrogen) atoms. The molecule has 0 unspecified atom stereocenters. The Kier molecular flexibility index (Phi) is 5.09. The predicted octanol–water partition coefficient (Wildman–Crippen LogP) is 4.31. The van der Waals surface area contributed by atoms with Gasteiger partial charge in [0.1, 0.15) is 21.4 Å². The molecule has 0 aliphatic rings. The maximum atomic E-state index is 13.2. The minimum atomic E-state index is -0.399. The van der Waals surface area contributed by atoms with Crippen LogP contribution in [0, 0.1) is 19.7 Å². The highest BCUT2D eigenvalue weighted by Crippen LogP contribution is 2.29. The van der Waals surface area contributed by atoms with Gasteiger partial charge in [0.25, 0.3) is 11.5 Å². The van der Waals surface area contributed by atoms with Crippen molar-refractivity contribution in [3.05, 3.63) is 87.0 Å². The van der Waals surface area contributed by atoms with Gasteiger partial charge in [0.2, 0.25) is 0 Å².